The van der Waals surface area contributed by atoms with Crippen LogP contribution in [0.5, 0.6) is 0 Å². The molecule has 0 amide bonds. The van der Waals surface area contributed by atoms with Crippen molar-refractivity contribution in [1.29, 1.82) is 0 Å². The summed E-state index contributed by atoms with van der Waals surface area (Å²) in [5.74, 6) is 2.92. The fourth-order valence-electron chi connectivity index (χ4n) is 3.24. The van der Waals surface area contributed by atoms with Gasteiger partial charge in [0.25, 0.3) is 0 Å². The van der Waals surface area contributed by atoms with Gasteiger partial charge in [0.15, 0.2) is 5.76 Å². The first-order valence-corrected chi connectivity index (χ1v) is 9.44. The van der Waals surface area contributed by atoms with Gasteiger partial charge < -0.3 is 19.4 Å². The van der Waals surface area contributed by atoms with Crippen molar-refractivity contribution in [2.24, 2.45) is 0 Å². The Morgan fingerprint density at radius 1 is 0.931 bits per heavy atom. The van der Waals surface area contributed by atoms with Crippen LogP contribution in [0.4, 0.5) is 5.82 Å². The molecule has 0 radical (unpaired) electrons. The third-order valence-corrected chi connectivity index (χ3v) is 4.68. The van der Waals surface area contributed by atoms with Gasteiger partial charge in [0.05, 0.1) is 23.6 Å². The Kier molecular flexibility index (Phi) is 5.44. The molecule has 0 spiro atoms. The quantitative estimate of drug-likeness (QED) is 0.499. The fraction of sp³-hybridized carbons (Fsp3) is 0.217. The number of pyridine rings is 1. The SMILES string of the molecule is COCc1ccc(-c2cc(Cc3ccc(Cc4ccc(C)o4)cc3)no2)c(N)n1. The third-order valence-electron chi connectivity index (χ3n) is 4.68. The van der Waals surface area contributed by atoms with Gasteiger partial charge in [0, 0.05) is 26.0 Å². The summed E-state index contributed by atoms with van der Waals surface area (Å²) in [6, 6.07) is 18.1. The van der Waals surface area contributed by atoms with E-state index in [0.29, 0.717) is 24.6 Å². The molecule has 4 aromatic rings. The number of aryl methyl sites for hydroxylation is 1. The van der Waals surface area contributed by atoms with E-state index in [9.17, 15) is 0 Å². The molecule has 148 valence electrons. The van der Waals surface area contributed by atoms with Crippen LogP contribution in [0.25, 0.3) is 11.3 Å². The summed E-state index contributed by atoms with van der Waals surface area (Å²) in [6.45, 7) is 2.37. The van der Waals surface area contributed by atoms with Gasteiger partial charge in [0.1, 0.15) is 17.3 Å². The molecule has 3 aromatic heterocycles. The fourth-order valence-corrected chi connectivity index (χ4v) is 3.24. The number of benzene rings is 1. The van der Waals surface area contributed by atoms with Gasteiger partial charge in [-0.3, -0.25) is 0 Å². The lowest BCUT2D eigenvalue weighted by molar-refractivity contribution is 0.181. The highest BCUT2D eigenvalue weighted by Gasteiger charge is 2.12. The minimum absolute atomic E-state index is 0.403. The van der Waals surface area contributed by atoms with Gasteiger partial charge in [-0.15, -0.1) is 0 Å². The lowest BCUT2D eigenvalue weighted by atomic mass is 10.0. The molecule has 6 heteroatoms. The summed E-state index contributed by atoms with van der Waals surface area (Å²) in [6.07, 6.45) is 1.46. The Bertz CT molecular complexity index is 1100. The van der Waals surface area contributed by atoms with Crippen molar-refractivity contribution in [3.63, 3.8) is 0 Å². The second-order valence-electron chi connectivity index (χ2n) is 7.03. The van der Waals surface area contributed by atoms with Crippen molar-refractivity contribution in [3.8, 4) is 11.3 Å². The summed E-state index contributed by atoms with van der Waals surface area (Å²) < 4.78 is 16.2. The molecule has 4 rings (SSSR count). The highest BCUT2D eigenvalue weighted by molar-refractivity contribution is 5.69. The van der Waals surface area contributed by atoms with Crippen molar-refractivity contribution >= 4 is 5.82 Å². The molecule has 0 aliphatic rings. The van der Waals surface area contributed by atoms with Gasteiger partial charge in [-0.05, 0) is 42.3 Å². The molecule has 1 aromatic carbocycles. The highest BCUT2D eigenvalue weighted by atomic mass is 16.5. The van der Waals surface area contributed by atoms with Gasteiger partial charge in [-0.1, -0.05) is 29.4 Å². The number of anilines is 1. The molecule has 0 saturated heterocycles. The molecule has 0 aliphatic carbocycles. The number of nitrogens with two attached hydrogens (primary N) is 1. The minimum Gasteiger partial charge on any atom is -0.466 e. The number of methoxy groups -OCH3 is 1. The van der Waals surface area contributed by atoms with Crippen molar-refractivity contribution in [1.82, 2.24) is 10.1 Å². The van der Waals surface area contributed by atoms with Crippen LogP contribution in [-0.2, 0) is 24.2 Å². The van der Waals surface area contributed by atoms with Crippen molar-refractivity contribution < 1.29 is 13.7 Å². The van der Waals surface area contributed by atoms with E-state index in [1.54, 1.807) is 7.11 Å². The van der Waals surface area contributed by atoms with Crippen LogP contribution >= 0.6 is 0 Å². The Labute approximate surface area is 169 Å². The van der Waals surface area contributed by atoms with Crippen LogP contribution in [-0.4, -0.2) is 17.3 Å². The van der Waals surface area contributed by atoms with E-state index in [2.05, 4.69) is 34.4 Å². The molecule has 29 heavy (non-hydrogen) atoms. The number of nitrogen functional groups attached to an aromatic ring is 1. The number of hydrogen-bond acceptors (Lipinski definition) is 6. The standard InChI is InChI=1S/C23H23N3O3/c1-15-3-9-20(28-15)12-17-6-4-16(5-7-17)11-19-13-22(29-26-19)21-10-8-18(14-27-2)25-23(21)24/h3-10,13H,11-12,14H2,1-2H3,(H2,24,25). The van der Waals surface area contributed by atoms with Crippen LogP contribution in [0.1, 0.15) is 34.0 Å². The molecule has 0 aliphatic heterocycles. The average Bonchev–Trinajstić information content (AvgIpc) is 3.33. The maximum absolute atomic E-state index is 6.06. The zero-order chi connectivity index (χ0) is 20.2. The molecule has 0 saturated carbocycles. The summed E-state index contributed by atoms with van der Waals surface area (Å²) in [7, 11) is 1.62. The molecule has 0 unspecified atom stereocenters. The predicted molar refractivity (Wildman–Crippen MR) is 110 cm³/mol. The molecule has 0 bridgehead atoms. The van der Waals surface area contributed by atoms with E-state index >= 15 is 0 Å². The molecule has 0 atom stereocenters. The van der Waals surface area contributed by atoms with E-state index < -0.39 is 0 Å². The first-order valence-electron chi connectivity index (χ1n) is 9.44. The van der Waals surface area contributed by atoms with Gasteiger partial charge >= 0.3 is 0 Å². The Morgan fingerprint density at radius 3 is 2.34 bits per heavy atom. The topological polar surface area (TPSA) is 87.3 Å². The molecule has 2 N–H and O–H groups in total. The molecular weight excluding hydrogens is 366 g/mol. The van der Waals surface area contributed by atoms with Crippen LogP contribution in [0, 0.1) is 6.92 Å². The number of nitrogens with zero attached hydrogens (tertiary/aromatic N) is 2. The lowest BCUT2D eigenvalue weighted by Crippen LogP contribution is -1.99. The zero-order valence-corrected chi connectivity index (χ0v) is 16.5. The van der Waals surface area contributed by atoms with Crippen molar-refractivity contribution in [3.05, 3.63) is 88.6 Å². The average molecular weight is 389 g/mol. The Morgan fingerprint density at radius 2 is 1.69 bits per heavy atom. The van der Waals surface area contributed by atoms with Crippen molar-refractivity contribution in [2.45, 2.75) is 26.4 Å². The largest absolute Gasteiger partial charge is 0.466 e. The summed E-state index contributed by atoms with van der Waals surface area (Å²) in [4.78, 5) is 4.34. The zero-order valence-electron chi connectivity index (χ0n) is 16.5. The van der Waals surface area contributed by atoms with E-state index in [1.165, 1.54) is 5.56 Å². The van der Waals surface area contributed by atoms with E-state index in [4.69, 9.17) is 19.4 Å². The number of ether oxygens (including phenoxy) is 1. The number of aromatic nitrogens is 2. The van der Waals surface area contributed by atoms with Crippen LogP contribution in [0.3, 0.4) is 0 Å². The van der Waals surface area contributed by atoms with E-state index in [0.717, 1.165) is 40.5 Å². The van der Waals surface area contributed by atoms with Crippen molar-refractivity contribution in [2.75, 3.05) is 12.8 Å². The number of furan rings is 1. The van der Waals surface area contributed by atoms with E-state index in [1.807, 2.05) is 37.3 Å². The van der Waals surface area contributed by atoms with Gasteiger partial charge in [-0.25, -0.2) is 4.98 Å². The van der Waals surface area contributed by atoms with E-state index in [-0.39, 0.29) is 0 Å². The van der Waals surface area contributed by atoms with Crippen LogP contribution in [0.15, 0.2) is 63.5 Å². The number of hydrogen-bond donors (Lipinski definition) is 1. The molecule has 6 nitrogen and oxygen atoms in total. The first-order chi connectivity index (χ1) is 14.1. The van der Waals surface area contributed by atoms with Gasteiger partial charge in [-0.2, -0.15) is 0 Å². The summed E-state index contributed by atoms with van der Waals surface area (Å²) in [5, 5.41) is 4.18. The normalized spacial score (nSPS) is 11.1. The third kappa shape index (κ3) is 4.55. The van der Waals surface area contributed by atoms with Gasteiger partial charge in [0.2, 0.25) is 0 Å². The smallest absolute Gasteiger partial charge is 0.170 e. The first kappa shape index (κ1) is 19.0. The van der Waals surface area contributed by atoms with Crippen LogP contribution in [0.2, 0.25) is 0 Å². The molecule has 0 fully saturated rings. The second kappa shape index (κ2) is 8.32. The molecule has 3 heterocycles. The predicted octanol–water partition coefficient (Wildman–Crippen LogP) is 4.55. The Hall–Kier alpha value is -3.38. The second-order valence-corrected chi connectivity index (χ2v) is 7.03. The molecular formula is C23H23N3O3. The highest BCUT2D eigenvalue weighted by Crippen LogP contribution is 2.26. The summed E-state index contributed by atoms with van der Waals surface area (Å²) in [5.41, 5.74) is 10.8. The maximum atomic E-state index is 6.06. The minimum atomic E-state index is 0.403. The lowest BCUT2D eigenvalue weighted by Gasteiger charge is -2.04. The summed E-state index contributed by atoms with van der Waals surface area (Å²) >= 11 is 0. The monoisotopic (exact) mass is 389 g/mol. The maximum Gasteiger partial charge on any atom is 0.170 e. The Balaban J connectivity index is 1.44. The van der Waals surface area contributed by atoms with Crippen LogP contribution < -0.4 is 5.73 Å². The number of rotatable bonds is 7.